The second-order valence-corrected chi connectivity index (χ2v) is 7.23. The van der Waals surface area contributed by atoms with Gasteiger partial charge in [0.25, 0.3) is 0 Å². The van der Waals surface area contributed by atoms with Crippen LogP contribution >= 0.6 is 11.3 Å². The molecule has 1 aromatic heterocycles. The van der Waals surface area contributed by atoms with Gasteiger partial charge in [0, 0.05) is 31.0 Å². The van der Waals surface area contributed by atoms with Gasteiger partial charge in [-0.15, -0.1) is 11.3 Å². The van der Waals surface area contributed by atoms with Crippen molar-refractivity contribution in [1.82, 2.24) is 9.88 Å². The van der Waals surface area contributed by atoms with E-state index < -0.39 is 0 Å². The van der Waals surface area contributed by atoms with Crippen LogP contribution in [-0.4, -0.2) is 49.0 Å². The summed E-state index contributed by atoms with van der Waals surface area (Å²) in [5.41, 5.74) is 1.25. The number of rotatable bonds is 6. The minimum absolute atomic E-state index is 0.0420. The first kappa shape index (κ1) is 16.4. The van der Waals surface area contributed by atoms with E-state index in [2.05, 4.69) is 17.2 Å². The molecule has 22 heavy (non-hydrogen) atoms. The van der Waals surface area contributed by atoms with Crippen LogP contribution in [0.15, 0.2) is 5.38 Å². The smallest absolute Gasteiger partial charge is 0.157 e. The molecule has 0 unspecified atom stereocenters. The van der Waals surface area contributed by atoms with E-state index in [1.807, 2.05) is 11.3 Å². The molecule has 5 heteroatoms. The Balaban J connectivity index is 1.42. The summed E-state index contributed by atoms with van der Waals surface area (Å²) in [6.45, 7) is 7.16. The van der Waals surface area contributed by atoms with E-state index in [0.29, 0.717) is 5.92 Å². The van der Waals surface area contributed by atoms with Crippen LogP contribution in [-0.2, 0) is 15.9 Å². The number of piperidine rings is 1. The maximum absolute atomic E-state index is 5.87. The van der Waals surface area contributed by atoms with E-state index in [4.69, 9.17) is 14.5 Å². The van der Waals surface area contributed by atoms with Crippen LogP contribution < -0.4 is 0 Å². The molecule has 2 fully saturated rings. The second kappa shape index (κ2) is 8.39. The van der Waals surface area contributed by atoms with Gasteiger partial charge in [-0.25, -0.2) is 4.98 Å². The van der Waals surface area contributed by atoms with Crippen LogP contribution in [0.1, 0.15) is 55.6 Å². The number of hydrogen-bond donors (Lipinski definition) is 0. The molecular weight excluding hydrogens is 296 g/mol. The van der Waals surface area contributed by atoms with Crippen LogP contribution in [0.25, 0.3) is 0 Å². The van der Waals surface area contributed by atoms with Crippen molar-refractivity contribution >= 4 is 11.3 Å². The largest absolute Gasteiger partial charge is 0.353 e. The van der Waals surface area contributed by atoms with Crippen LogP contribution in [0.3, 0.4) is 0 Å². The van der Waals surface area contributed by atoms with Crippen LogP contribution in [0.2, 0.25) is 0 Å². The summed E-state index contributed by atoms with van der Waals surface area (Å²) in [7, 11) is 0. The fraction of sp³-hybridized carbons (Fsp3) is 0.824. The molecule has 0 N–H and O–H groups in total. The normalized spacial score (nSPS) is 27.1. The lowest BCUT2D eigenvalue weighted by Gasteiger charge is -2.32. The van der Waals surface area contributed by atoms with Crippen molar-refractivity contribution < 1.29 is 9.47 Å². The number of hydrogen-bond acceptors (Lipinski definition) is 5. The van der Waals surface area contributed by atoms with Gasteiger partial charge in [0.05, 0.1) is 17.3 Å². The molecule has 0 bridgehead atoms. The van der Waals surface area contributed by atoms with Crippen molar-refractivity contribution in [3.05, 3.63) is 16.1 Å². The van der Waals surface area contributed by atoms with Crippen molar-refractivity contribution in [2.24, 2.45) is 0 Å². The summed E-state index contributed by atoms with van der Waals surface area (Å²) in [5.74, 6) is 0.616. The van der Waals surface area contributed by atoms with Gasteiger partial charge in [-0.05, 0) is 45.1 Å². The number of likely N-dealkylation sites (tertiary alicyclic amines) is 1. The molecule has 2 aliphatic heterocycles. The average molecular weight is 324 g/mol. The highest BCUT2D eigenvalue weighted by Gasteiger charge is 2.24. The average Bonchev–Trinajstić information content (AvgIpc) is 3.05. The zero-order chi connectivity index (χ0) is 15.2. The lowest BCUT2D eigenvalue weighted by Crippen LogP contribution is -2.37. The molecule has 0 amide bonds. The summed E-state index contributed by atoms with van der Waals surface area (Å²) in [6.07, 6.45) is 7.11. The lowest BCUT2D eigenvalue weighted by atomic mass is 9.99. The topological polar surface area (TPSA) is 34.6 Å². The van der Waals surface area contributed by atoms with Crippen molar-refractivity contribution in [3.63, 3.8) is 0 Å². The predicted molar refractivity (Wildman–Crippen MR) is 89.5 cm³/mol. The number of thiazole rings is 1. The van der Waals surface area contributed by atoms with Crippen molar-refractivity contribution in [2.45, 2.75) is 57.7 Å². The van der Waals surface area contributed by atoms with Crippen molar-refractivity contribution in [1.29, 1.82) is 0 Å². The maximum Gasteiger partial charge on any atom is 0.157 e. The van der Waals surface area contributed by atoms with Gasteiger partial charge < -0.3 is 14.4 Å². The molecule has 124 valence electrons. The highest BCUT2D eigenvalue weighted by molar-refractivity contribution is 7.09. The SMILES string of the molecule is CCc1csc([C@H]2CCCN(CCO[C@H]3CCCCO3)C2)n1. The third-order valence-corrected chi connectivity index (χ3v) is 5.69. The van der Waals surface area contributed by atoms with Crippen LogP contribution in [0.5, 0.6) is 0 Å². The van der Waals surface area contributed by atoms with Gasteiger partial charge in [0.15, 0.2) is 6.29 Å². The molecule has 0 radical (unpaired) electrons. The van der Waals surface area contributed by atoms with Gasteiger partial charge in [0.1, 0.15) is 0 Å². The molecule has 2 saturated heterocycles. The summed E-state index contributed by atoms with van der Waals surface area (Å²) in [6, 6.07) is 0. The fourth-order valence-corrected chi connectivity index (χ4v) is 4.32. The zero-order valence-electron chi connectivity index (χ0n) is 13.6. The number of nitrogens with zero attached hydrogens (tertiary/aromatic N) is 2. The van der Waals surface area contributed by atoms with Gasteiger partial charge in [-0.3, -0.25) is 0 Å². The Bertz CT molecular complexity index is 446. The lowest BCUT2D eigenvalue weighted by molar-refractivity contribution is -0.164. The first-order chi connectivity index (χ1) is 10.8. The molecule has 3 rings (SSSR count). The summed E-state index contributed by atoms with van der Waals surface area (Å²) < 4.78 is 11.5. The molecule has 4 nitrogen and oxygen atoms in total. The Labute approximate surface area is 137 Å². The summed E-state index contributed by atoms with van der Waals surface area (Å²) >= 11 is 1.84. The standard InChI is InChI=1S/C17H28N2O2S/c1-2-15-13-22-17(18-15)14-6-5-8-19(12-14)9-11-21-16-7-3-4-10-20-16/h13-14,16H,2-12H2,1H3/t14-,16-/m0/s1. The Morgan fingerprint density at radius 3 is 3.09 bits per heavy atom. The Morgan fingerprint density at radius 1 is 1.36 bits per heavy atom. The molecule has 0 aromatic carbocycles. The van der Waals surface area contributed by atoms with Gasteiger partial charge in [-0.1, -0.05) is 6.92 Å². The Kier molecular flexibility index (Phi) is 6.24. The van der Waals surface area contributed by atoms with E-state index in [-0.39, 0.29) is 6.29 Å². The number of aromatic nitrogens is 1. The summed E-state index contributed by atoms with van der Waals surface area (Å²) in [4.78, 5) is 7.31. The molecule has 2 atom stereocenters. The van der Waals surface area contributed by atoms with Crippen molar-refractivity contribution in [3.8, 4) is 0 Å². The molecule has 3 heterocycles. The highest BCUT2D eigenvalue weighted by Crippen LogP contribution is 2.29. The molecule has 1 aromatic rings. The zero-order valence-corrected chi connectivity index (χ0v) is 14.4. The molecule has 0 saturated carbocycles. The molecule has 0 spiro atoms. The van der Waals surface area contributed by atoms with E-state index in [1.165, 1.54) is 42.9 Å². The number of aryl methyl sites for hydroxylation is 1. The fourth-order valence-electron chi connectivity index (χ4n) is 3.29. The van der Waals surface area contributed by atoms with Gasteiger partial charge >= 0.3 is 0 Å². The van der Waals surface area contributed by atoms with Crippen LogP contribution in [0.4, 0.5) is 0 Å². The van der Waals surface area contributed by atoms with Crippen LogP contribution in [0, 0.1) is 0 Å². The predicted octanol–water partition coefficient (Wildman–Crippen LogP) is 3.43. The number of ether oxygens (including phenoxy) is 2. The minimum atomic E-state index is 0.0420. The monoisotopic (exact) mass is 324 g/mol. The third-order valence-electron chi connectivity index (χ3n) is 4.64. The maximum atomic E-state index is 5.87. The van der Waals surface area contributed by atoms with E-state index in [1.54, 1.807) is 0 Å². The van der Waals surface area contributed by atoms with Gasteiger partial charge in [-0.2, -0.15) is 0 Å². The first-order valence-corrected chi connectivity index (χ1v) is 9.63. The van der Waals surface area contributed by atoms with Crippen molar-refractivity contribution in [2.75, 3.05) is 32.8 Å². The van der Waals surface area contributed by atoms with E-state index >= 15 is 0 Å². The third kappa shape index (κ3) is 4.51. The Hall–Kier alpha value is -0.490. The molecular formula is C17H28N2O2S. The Morgan fingerprint density at radius 2 is 2.32 bits per heavy atom. The molecule has 2 aliphatic rings. The van der Waals surface area contributed by atoms with Gasteiger partial charge in [0.2, 0.25) is 0 Å². The highest BCUT2D eigenvalue weighted by atomic mass is 32.1. The summed E-state index contributed by atoms with van der Waals surface area (Å²) in [5, 5.41) is 3.55. The quantitative estimate of drug-likeness (QED) is 0.803. The van der Waals surface area contributed by atoms with E-state index in [0.717, 1.165) is 39.1 Å². The minimum Gasteiger partial charge on any atom is -0.353 e. The second-order valence-electron chi connectivity index (χ2n) is 6.34. The molecule has 0 aliphatic carbocycles. The van der Waals surface area contributed by atoms with E-state index in [9.17, 15) is 0 Å². The first-order valence-electron chi connectivity index (χ1n) is 8.75.